The number of rotatable bonds is 9. The number of hydrogen-bond acceptors (Lipinski definition) is 3. The molecule has 0 heterocycles. The smallest absolute Gasteiger partial charge is 0.0591 e. The third kappa shape index (κ3) is 9.62. The molecule has 0 aromatic rings. The van der Waals surface area contributed by atoms with Gasteiger partial charge in [-0.2, -0.15) is 0 Å². The lowest BCUT2D eigenvalue weighted by Crippen LogP contribution is -2.22. The highest BCUT2D eigenvalue weighted by Gasteiger charge is 1.87. The van der Waals surface area contributed by atoms with Crippen molar-refractivity contribution in [2.45, 2.75) is 12.8 Å². The van der Waals surface area contributed by atoms with Crippen LogP contribution in [-0.4, -0.2) is 32.8 Å². The molecule has 3 nitrogen and oxygen atoms in total. The Bertz CT molecular complexity index is 96.5. The van der Waals surface area contributed by atoms with Gasteiger partial charge in [0.25, 0.3) is 0 Å². The molecule has 0 rings (SSSR count). The Morgan fingerprint density at radius 2 is 2.17 bits per heavy atom. The quantitative estimate of drug-likeness (QED) is 0.394. The van der Waals surface area contributed by atoms with Gasteiger partial charge in [0.1, 0.15) is 0 Å². The number of ether oxygens (including phenoxy) is 1. The Balaban J connectivity index is 2.77. The van der Waals surface area contributed by atoms with Crippen molar-refractivity contribution >= 4 is 0 Å². The Hall–Kier alpha value is -0.380. The maximum absolute atomic E-state index is 5.33. The van der Waals surface area contributed by atoms with Gasteiger partial charge >= 0.3 is 0 Å². The maximum atomic E-state index is 5.33. The van der Waals surface area contributed by atoms with E-state index in [0.717, 1.165) is 45.7 Å². The summed E-state index contributed by atoms with van der Waals surface area (Å²) in [5.41, 5.74) is 5.33. The molecule has 12 heavy (non-hydrogen) atoms. The van der Waals surface area contributed by atoms with Crippen LogP contribution in [0.15, 0.2) is 12.7 Å². The lowest BCUT2D eigenvalue weighted by molar-refractivity contribution is 0.140. The molecule has 3 N–H and O–H groups in total. The molecule has 0 aliphatic rings. The highest BCUT2D eigenvalue weighted by atomic mass is 16.5. The van der Waals surface area contributed by atoms with Gasteiger partial charge < -0.3 is 15.8 Å². The van der Waals surface area contributed by atoms with E-state index >= 15 is 0 Å². The molecule has 0 amide bonds. The van der Waals surface area contributed by atoms with Crippen molar-refractivity contribution in [3.63, 3.8) is 0 Å². The normalized spacial score (nSPS) is 10.1. The zero-order valence-electron chi connectivity index (χ0n) is 7.72. The second kappa shape index (κ2) is 10.6. The van der Waals surface area contributed by atoms with E-state index in [4.69, 9.17) is 10.5 Å². The van der Waals surface area contributed by atoms with Crippen LogP contribution in [0.1, 0.15) is 12.8 Å². The van der Waals surface area contributed by atoms with Gasteiger partial charge in [0.15, 0.2) is 0 Å². The predicted molar refractivity (Wildman–Crippen MR) is 52.2 cm³/mol. The summed E-state index contributed by atoms with van der Waals surface area (Å²) in [5.74, 6) is 0. The monoisotopic (exact) mass is 172 g/mol. The minimum absolute atomic E-state index is 0.754. The van der Waals surface area contributed by atoms with Crippen LogP contribution in [0.5, 0.6) is 0 Å². The minimum Gasteiger partial charge on any atom is -0.380 e. The van der Waals surface area contributed by atoms with Crippen molar-refractivity contribution in [1.29, 1.82) is 0 Å². The third-order valence-corrected chi connectivity index (χ3v) is 1.45. The van der Waals surface area contributed by atoms with Gasteiger partial charge in [-0.1, -0.05) is 6.08 Å². The molecule has 0 aromatic heterocycles. The van der Waals surface area contributed by atoms with Gasteiger partial charge in [0.2, 0.25) is 0 Å². The SMILES string of the molecule is C=CCCOCCNCCCN. The van der Waals surface area contributed by atoms with E-state index in [1.165, 1.54) is 0 Å². The Kier molecular flexibility index (Phi) is 10.3. The Morgan fingerprint density at radius 1 is 1.33 bits per heavy atom. The van der Waals surface area contributed by atoms with E-state index in [-0.39, 0.29) is 0 Å². The van der Waals surface area contributed by atoms with Crippen molar-refractivity contribution in [2.75, 3.05) is 32.8 Å². The second-order valence-corrected chi connectivity index (χ2v) is 2.58. The molecule has 0 radical (unpaired) electrons. The van der Waals surface area contributed by atoms with E-state index in [2.05, 4.69) is 11.9 Å². The summed E-state index contributed by atoms with van der Waals surface area (Å²) in [5, 5.41) is 3.23. The molecule has 0 unspecified atom stereocenters. The van der Waals surface area contributed by atoms with Gasteiger partial charge in [0.05, 0.1) is 13.2 Å². The Labute approximate surface area is 75.0 Å². The summed E-state index contributed by atoms with van der Waals surface area (Å²) in [7, 11) is 0. The van der Waals surface area contributed by atoms with Gasteiger partial charge in [-0.05, 0) is 25.9 Å². The van der Waals surface area contributed by atoms with E-state index in [1.54, 1.807) is 0 Å². The molecular weight excluding hydrogens is 152 g/mol. The summed E-state index contributed by atoms with van der Waals surface area (Å²) in [6.07, 6.45) is 3.83. The highest BCUT2D eigenvalue weighted by molar-refractivity contribution is 4.64. The van der Waals surface area contributed by atoms with E-state index in [0.29, 0.717) is 0 Å². The molecule has 72 valence electrons. The topological polar surface area (TPSA) is 47.3 Å². The first-order valence-corrected chi connectivity index (χ1v) is 4.51. The molecular formula is C9H20N2O. The summed E-state index contributed by atoms with van der Waals surface area (Å²) in [6, 6.07) is 0. The van der Waals surface area contributed by atoms with Gasteiger partial charge in [-0.3, -0.25) is 0 Å². The first-order valence-electron chi connectivity index (χ1n) is 4.51. The van der Waals surface area contributed by atoms with Crippen LogP contribution in [0.2, 0.25) is 0 Å². The summed E-state index contributed by atoms with van der Waals surface area (Å²) in [6.45, 7) is 7.82. The number of hydrogen-bond donors (Lipinski definition) is 2. The average molecular weight is 172 g/mol. The fourth-order valence-electron chi connectivity index (χ4n) is 0.765. The molecule has 3 heteroatoms. The van der Waals surface area contributed by atoms with Crippen LogP contribution >= 0.6 is 0 Å². The molecule has 0 atom stereocenters. The fraction of sp³-hybridized carbons (Fsp3) is 0.778. The van der Waals surface area contributed by atoms with Crippen LogP contribution in [0.25, 0.3) is 0 Å². The maximum Gasteiger partial charge on any atom is 0.0591 e. The number of nitrogens with two attached hydrogens (primary N) is 1. The first kappa shape index (κ1) is 11.6. The largest absolute Gasteiger partial charge is 0.380 e. The van der Waals surface area contributed by atoms with Crippen LogP contribution in [0, 0.1) is 0 Å². The molecule has 0 fully saturated rings. The van der Waals surface area contributed by atoms with Crippen LogP contribution in [0.3, 0.4) is 0 Å². The minimum atomic E-state index is 0.754. The molecule has 0 aliphatic carbocycles. The molecule has 0 saturated heterocycles. The zero-order chi connectivity index (χ0) is 9.07. The molecule has 0 bridgehead atoms. The standard InChI is InChI=1S/C9H20N2O/c1-2-3-8-12-9-7-11-6-4-5-10/h2,11H,1,3-10H2. The van der Waals surface area contributed by atoms with Crippen LogP contribution < -0.4 is 11.1 Å². The summed E-state index contributed by atoms with van der Waals surface area (Å²) < 4.78 is 5.29. The highest BCUT2D eigenvalue weighted by Crippen LogP contribution is 1.81. The van der Waals surface area contributed by atoms with Crippen LogP contribution in [0.4, 0.5) is 0 Å². The fourth-order valence-corrected chi connectivity index (χ4v) is 0.765. The average Bonchev–Trinajstić information content (AvgIpc) is 2.10. The van der Waals surface area contributed by atoms with Crippen LogP contribution in [-0.2, 0) is 4.74 Å². The number of nitrogens with one attached hydrogen (secondary N) is 1. The van der Waals surface area contributed by atoms with Gasteiger partial charge in [0, 0.05) is 6.54 Å². The predicted octanol–water partition coefficient (Wildman–Crippen LogP) is 0.518. The van der Waals surface area contributed by atoms with Gasteiger partial charge in [-0.15, -0.1) is 6.58 Å². The van der Waals surface area contributed by atoms with Crippen molar-refractivity contribution in [2.24, 2.45) is 5.73 Å². The molecule has 0 saturated carbocycles. The molecule has 0 aromatic carbocycles. The lowest BCUT2D eigenvalue weighted by atomic mass is 10.4. The van der Waals surface area contributed by atoms with Crippen molar-refractivity contribution < 1.29 is 4.74 Å². The first-order chi connectivity index (χ1) is 5.91. The van der Waals surface area contributed by atoms with E-state index in [9.17, 15) is 0 Å². The van der Waals surface area contributed by atoms with E-state index < -0.39 is 0 Å². The van der Waals surface area contributed by atoms with E-state index in [1.807, 2.05) is 6.08 Å². The van der Waals surface area contributed by atoms with Crippen molar-refractivity contribution in [3.8, 4) is 0 Å². The molecule has 0 spiro atoms. The third-order valence-electron chi connectivity index (χ3n) is 1.45. The van der Waals surface area contributed by atoms with Crippen molar-refractivity contribution in [3.05, 3.63) is 12.7 Å². The second-order valence-electron chi connectivity index (χ2n) is 2.58. The summed E-state index contributed by atoms with van der Waals surface area (Å²) in [4.78, 5) is 0. The summed E-state index contributed by atoms with van der Waals surface area (Å²) >= 11 is 0. The molecule has 0 aliphatic heterocycles. The van der Waals surface area contributed by atoms with Crippen molar-refractivity contribution in [1.82, 2.24) is 5.32 Å². The zero-order valence-corrected chi connectivity index (χ0v) is 7.72. The van der Waals surface area contributed by atoms with Gasteiger partial charge in [-0.25, -0.2) is 0 Å². The Morgan fingerprint density at radius 3 is 2.83 bits per heavy atom. The lowest BCUT2D eigenvalue weighted by Gasteiger charge is -2.03.